The van der Waals surface area contributed by atoms with Crippen LogP contribution in [-0.4, -0.2) is 16.1 Å². The molecule has 0 spiro atoms. The quantitative estimate of drug-likeness (QED) is 0.885. The van der Waals surface area contributed by atoms with E-state index in [0.717, 1.165) is 11.3 Å². The first-order valence-electron chi connectivity index (χ1n) is 6.59. The topological polar surface area (TPSA) is 50.2 Å². The van der Waals surface area contributed by atoms with Crippen LogP contribution in [0, 0.1) is 5.92 Å². The van der Waals surface area contributed by atoms with Gasteiger partial charge in [-0.05, 0) is 36.5 Å². The lowest BCUT2D eigenvalue weighted by Gasteiger charge is -2.17. The predicted octanol–water partition coefficient (Wildman–Crippen LogP) is 3.30. The molecule has 96 valence electrons. The molecule has 1 aromatic rings. The molecule has 1 aromatic heterocycles. The fraction of sp³-hybridized carbons (Fsp3) is 0.467. The molecular formula is C15H19NO2. The Morgan fingerprint density at radius 3 is 2.72 bits per heavy atom. The zero-order valence-electron chi connectivity index (χ0n) is 10.5. The number of aliphatic carboxylic acids is 1. The van der Waals surface area contributed by atoms with E-state index in [2.05, 4.69) is 17.1 Å². The van der Waals surface area contributed by atoms with Gasteiger partial charge in [0, 0.05) is 6.20 Å². The van der Waals surface area contributed by atoms with Crippen LogP contribution in [0.1, 0.15) is 43.4 Å². The summed E-state index contributed by atoms with van der Waals surface area (Å²) in [7, 11) is 0. The van der Waals surface area contributed by atoms with Crippen LogP contribution in [0.5, 0.6) is 0 Å². The van der Waals surface area contributed by atoms with Crippen molar-refractivity contribution in [2.75, 3.05) is 0 Å². The molecule has 0 atom stereocenters. The van der Waals surface area contributed by atoms with Crippen LogP contribution < -0.4 is 0 Å². The molecule has 3 nitrogen and oxygen atoms in total. The van der Waals surface area contributed by atoms with Crippen LogP contribution in [0.15, 0.2) is 24.4 Å². The third kappa shape index (κ3) is 3.99. The van der Waals surface area contributed by atoms with Crippen molar-refractivity contribution in [2.24, 2.45) is 5.92 Å². The second-order valence-electron chi connectivity index (χ2n) is 4.92. The van der Waals surface area contributed by atoms with Gasteiger partial charge in [0.05, 0.1) is 12.1 Å². The Kier molecular flexibility index (Phi) is 4.51. The van der Waals surface area contributed by atoms with E-state index in [1.807, 2.05) is 12.1 Å². The van der Waals surface area contributed by atoms with E-state index < -0.39 is 5.97 Å². The SMILES string of the molecule is O=C(O)Cc1ccc(/C=C/C2CCCCC2)nc1. The van der Waals surface area contributed by atoms with Gasteiger partial charge < -0.3 is 5.11 Å². The van der Waals surface area contributed by atoms with Gasteiger partial charge in [0.15, 0.2) is 0 Å². The summed E-state index contributed by atoms with van der Waals surface area (Å²) in [5.41, 5.74) is 1.66. The molecule has 3 heteroatoms. The number of carboxylic acid groups (broad SMARTS) is 1. The van der Waals surface area contributed by atoms with Gasteiger partial charge in [-0.2, -0.15) is 0 Å². The van der Waals surface area contributed by atoms with E-state index in [0.29, 0.717) is 5.92 Å². The Labute approximate surface area is 108 Å². The summed E-state index contributed by atoms with van der Waals surface area (Å²) in [6.07, 6.45) is 12.6. The van der Waals surface area contributed by atoms with E-state index in [4.69, 9.17) is 5.11 Å². The van der Waals surface area contributed by atoms with Crippen molar-refractivity contribution in [3.63, 3.8) is 0 Å². The van der Waals surface area contributed by atoms with E-state index in [-0.39, 0.29) is 6.42 Å². The molecule has 0 saturated heterocycles. The molecule has 1 saturated carbocycles. The molecule has 1 heterocycles. The highest BCUT2D eigenvalue weighted by atomic mass is 16.4. The third-order valence-electron chi connectivity index (χ3n) is 3.39. The summed E-state index contributed by atoms with van der Waals surface area (Å²) in [4.78, 5) is 14.8. The lowest BCUT2D eigenvalue weighted by atomic mass is 9.89. The van der Waals surface area contributed by atoms with Crippen molar-refractivity contribution in [1.29, 1.82) is 0 Å². The number of aromatic nitrogens is 1. The van der Waals surface area contributed by atoms with Crippen LogP contribution in [0.25, 0.3) is 6.08 Å². The maximum Gasteiger partial charge on any atom is 0.307 e. The van der Waals surface area contributed by atoms with Gasteiger partial charge >= 0.3 is 5.97 Å². The minimum Gasteiger partial charge on any atom is -0.481 e. The highest BCUT2D eigenvalue weighted by molar-refractivity contribution is 5.70. The maximum atomic E-state index is 10.5. The van der Waals surface area contributed by atoms with Crippen LogP contribution in [-0.2, 0) is 11.2 Å². The van der Waals surface area contributed by atoms with E-state index in [1.54, 1.807) is 6.20 Å². The number of hydrogen-bond donors (Lipinski definition) is 1. The Hall–Kier alpha value is -1.64. The Morgan fingerprint density at radius 2 is 2.11 bits per heavy atom. The minimum absolute atomic E-state index is 0.0413. The molecule has 0 unspecified atom stereocenters. The minimum atomic E-state index is -0.817. The molecule has 1 fully saturated rings. The maximum absolute atomic E-state index is 10.5. The largest absolute Gasteiger partial charge is 0.481 e. The number of carbonyl (C=O) groups is 1. The van der Waals surface area contributed by atoms with Crippen molar-refractivity contribution in [3.8, 4) is 0 Å². The van der Waals surface area contributed by atoms with Crippen molar-refractivity contribution in [2.45, 2.75) is 38.5 Å². The summed E-state index contributed by atoms with van der Waals surface area (Å²) in [6.45, 7) is 0. The van der Waals surface area contributed by atoms with Gasteiger partial charge in [0.25, 0.3) is 0 Å². The van der Waals surface area contributed by atoms with Gasteiger partial charge in [0.2, 0.25) is 0 Å². The summed E-state index contributed by atoms with van der Waals surface area (Å²) in [6, 6.07) is 3.72. The van der Waals surface area contributed by atoms with Crippen molar-refractivity contribution >= 4 is 12.0 Å². The molecular weight excluding hydrogens is 226 g/mol. The number of carboxylic acids is 1. The summed E-state index contributed by atoms with van der Waals surface area (Å²) in [5.74, 6) is -0.124. The number of pyridine rings is 1. The van der Waals surface area contributed by atoms with E-state index in [9.17, 15) is 4.79 Å². The highest BCUT2D eigenvalue weighted by Crippen LogP contribution is 2.25. The van der Waals surface area contributed by atoms with Crippen molar-refractivity contribution < 1.29 is 9.90 Å². The molecule has 0 aliphatic heterocycles. The first-order chi connectivity index (χ1) is 8.74. The molecule has 0 aromatic carbocycles. The number of allylic oxidation sites excluding steroid dienone is 1. The monoisotopic (exact) mass is 245 g/mol. The van der Waals surface area contributed by atoms with Gasteiger partial charge in [-0.3, -0.25) is 9.78 Å². The Bertz CT molecular complexity index is 417. The average Bonchev–Trinajstić information content (AvgIpc) is 2.38. The normalized spacial score (nSPS) is 17.1. The smallest absolute Gasteiger partial charge is 0.307 e. The molecule has 0 radical (unpaired) electrons. The fourth-order valence-electron chi connectivity index (χ4n) is 2.37. The third-order valence-corrected chi connectivity index (χ3v) is 3.39. The Morgan fingerprint density at radius 1 is 1.33 bits per heavy atom. The van der Waals surface area contributed by atoms with Crippen molar-refractivity contribution in [1.82, 2.24) is 4.98 Å². The fourth-order valence-corrected chi connectivity index (χ4v) is 2.37. The summed E-state index contributed by atoms with van der Waals surface area (Å²) >= 11 is 0. The van der Waals surface area contributed by atoms with Gasteiger partial charge in [-0.15, -0.1) is 0 Å². The van der Waals surface area contributed by atoms with Crippen LogP contribution in [0.2, 0.25) is 0 Å². The van der Waals surface area contributed by atoms with E-state index in [1.165, 1.54) is 32.1 Å². The van der Waals surface area contributed by atoms with Gasteiger partial charge in [-0.25, -0.2) is 0 Å². The average molecular weight is 245 g/mol. The second-order valence-corrected chi connectivity index (χ2v) is 4.92. The second kappa shape index (κ2) is 6.34. The lowest BCUT2D eigenvalue weighted by Crippen LogP contribution is -2.02. The Balaban J connectivity index is 1.92. The molecule has 1 N–H and O–H groups in total. The number of nitrogens with zero attached hydrogens (tertiary/aromatic N) is 1. The molecule has 2 rings (SSSR count). The molecule has 0 bridgehead atoms. The predicted molar refractivity (Wildman–Crippen MR) is 71.2 cm³/mol. The van der Waals surface area contributed by atoms with Crippen LogP contribution >= 0.6 is 0 Å². The molecule has 18 heavy (non-hydrogen) atoms. The van der Waals surface area contributed by atoms with Crippen LogP contribution in [0.3, 0.4) is 0 Å². The number of hydrogen-bond acceptors (Lipinski definition) is 2. The van der Waals surface area contributed by atoms with Gasteiger partial charge in [0.1, 0.15) is 0 Å². The van der Waals surface area contributed by atoms with Crippen molar-refractivity contribution in [3.05, 3.63) is 35.7 Å². The summed E-state index contributed by atoms with van der Waals surface area (Å²) < 4.78 is 0. The van der Waals surface area contributed by atoms with E-state index >= 15 is 0 Å². The van der Waals surface area contributed by atoms with Gasteiger partial charge in [-0.1, -0.05) is 31.4 Å². The number of rotatable bonds is 4. The standard InChI is InChI=1S/C15H19NO2/c17-15(18)10-13-7-9-14(16-11-13)8-6-12-4-2-1-3-5-12/h6-9,11-12H,1-5,10H2,(H,17,18)/b8-6+. The summed E-state index contributed by atoms with van der Waals surface area (Å²) in [5, 5.41) is 8.67. The first kappa shape index (κ1) is 12.8. The molecule has 0 amide bonds. The zero-order chi connectivity index (χ0) is 12.8. The molecule has 1 aliphatic rings. The zero-order valence-corrected chi connectivity index (χ0v) is 10.5. The highest BCUT2D eigenvalue weighted by Gasteiger charge is 2.09. The molecule has 1 aliphatic carbocycles. The lowest BCUT2D eigenvalue weighted by molar-refractivity contribution is -0.136. The first-order valence-corrected chi connectivity index (χ1v) is 6.59. The van der Waals surface area contributed by atoms with Crippen LogP contribution in [0.4, 0.5) is 0 Å².